The number of carbonyl (C=O) groups excluding carboxylic acids is 1. The standard InChI is InChI=1S/C11H24N2O2S2/c1-11(2,3)15-10(14)12-6-8-13(9-7-12)17(4,5)16/h16H,6-9H2,1-5H3. The molecule has 1 amide bonds. The molecule has 102 valence electrons. The molecule has 17 heavy (non-hydrogen) atoms. The molecular formula is C11H24N2O2S2. The third kappa shape index (κ3) is 4.97. The summed E-state index contributed by atoms with van der Waals surface area (Å²) >= 11 is 4.62. The molecule has 1 rings (SSSR count). The van der Waals surface area contributed by atoms with Crippen molar-refractivity contribution in [2.24, 2.45) is 0 Å². The molecule has 4 nitrogen and oxygen atoms in total. The highest BCUT2D eigenvalue weighted by Gasteiger charge is 2.28. The van der Waals surface area contributed by atoms with Gasteiger partial charge in [0.2, 0.25) is 0 Å². The zero-order valence-corrected chi connectivity index (χ0v) is 13.1. The number of piperazine rings is 1. The van der Waals surface area contributed by atoms with Gasteiger partial charge >= 0.3 is 6.09 Å². The third-order valence-corrected chi connectivity index (χ3v) is 4.84. The third-order valence-electron chi connectivity index (χ3n) is 2.52. The van der Waals surface area contributed by atoms with Crippen molar-refractivity contribution >= 4 is 27.0 Å². The van der Waals surface area contributed by atoms with Gasteiger partial charge in [0.05, 0.1) is 0 Å². The molecule has 0 aromatic heterocycles. The van der Waals surface area contributed by atoms with Crippen molar-refractivity contribution in [3.63, 3.8) is 0 Å². The summed E-state index contributed by atoms with van der Waals surface area (Å²) in [6.45, 7) is 8.89. The zero-order valence-electron chi connectivity index (χ0n) is 11.4. The van der Waals surface area contributed by atoms with Gasteiger partial charge < -0.3 is 9.64 Å². The molecule has 0 spiro atoms. The van der Waals surface area contributed by atoms with Crippen LogP contribution in [-0.2, 0) is 4.74 Å². The summed E-state index contributed by atoms with van der Waals surface area (Å²) in [5.74, 6) is 0. The van der Waals surface area contributed by atoms with Crippen molar-refractivity contribution in [2.75, 3.05) is 38.7 Å². The fourth-order valence-corrected chi connectivity index (χ4v) is 3.19. The van der Waals surface area contributed by atoms with Crippen LogP contribution in [0.25, 0.3) is 0 Å². The molecule has 0 unspecified atom stereocenters. The Balaban J connectivity index is 2.45. The molecule has 6 heteroatoms. The SMILES string of the molecule is CC(C)(C)OC(=O)N1CCN(S(C)(C)S)CC1. The quantitative estimate of drug-likeness (QED) is 0.591. The van der Waals surface area contributed by atoms with E-state index in [9.17, 15) is 4.79 Å². The second-order valence-corrected chi connectivity index (χ2v) is 11.3. The Morgan fingerprint density at radius 1 is 1.18 bits per heavy atom. The lowest BCUT2D eigenvalue weighted by atomic mass is 10.2. The lowest BCUT2D eigenvalue weighted by Gasteiger charge is -2.44. The first-order valence-electron chi connectivity index (χ1n) is 5.78. The van der Waals surface area contributed by atoms with Gasteiger partial charge in [-0.15, -0.1) is 20.9 Å². The number of ether oxygens (including phenoxy) is 1. The van der Waals surface area contributed by atoms with Gasteiger partial charge in [-0.1, -0.05) is 0 Å². The summed E-state index contributed by atoms with van der Waals surface area (Å²) in [5.41, 5.74) is -0.414. The first kappa shape index (κ1) is 15.0. The fourth-order valence-electron chi connectivity index (χ4n) is 1.64. The minimum absolute atomic E-state index is 0.205. The van der Waals surface area contributed by atoms with Crippen LogP contribution in [-0.4, -0.2) is 59.6 Å². The molecule has 0 radical (unpaired) electrons. The van der Waals surface area contributed by atoms with Gasteiger partial charge in [0.25, 0.3) is 0 Å². The molecule has 0 N–H and O–H groups in total. The molecule has 0 saturated carbocycles. The average Bonchev–Trinajstić information content (AvgIpc) is 2.14. The molecule has 1 fully saturated rings. The molecule has 1 saturated heterocycles. The number of hydrogen-bond donors (Lipinski definition) is 1. The predicted octanol–water partition coefficient (Wildman–Crippen LogP) is 2.36. The van der Waals surface area contributed by atoms with Crippen LogP contribution in [0.5, 0.6) is 0 Å². The summed E-state index contributed by atoms with van der Waals surface area (Å²) in [6, 6.07) is 0. The maximum absolute atomic E-state index is 11.8. The molecule has 0 aliphatic carbocycles. The highest BCUT2D eigenvalue weighted by atomic mass is 33.1. The van der Waals surface area contributed by atoms with Gasteiger partial charge in [0.15, 0.2) is 0 Å². The molecule has 1 heterocycles. The monoisotopic (exact) mass is 280 g/mol. The topological polar surface area (TPSA) is 32.8 Å². The average molecular weight is 280 g/mol. The predicted molar refractivity (Wildman–Crippen MR) is 77.8 cm³/mol. The Labute approximate surface area is 111 Å². The van der Waals surface area contributed by atoms with Crippen molar-refractivity contribution < 1.29 is 9.53 Å². The van der Waals surface area contributed by atoms with Crippen molar-refractivity contribution in [2.45, 2.75) is 26.4 Å². The Morgan fingerprint density at radius 3 is 2.00 bits per heavy atom. The maximum atomic E-state index is 11.8. The Bertz CT molecular complexity index is 276. The van der Waals surface area contributed by atoms with E-state index in [0.717, 1.165) is 26.2 Å². The van der Waals surface area contributed by atoms with Crippen molar-refractivity contribution in [1.29, 1.82) is 0 Å². The highest BCUT2D eigenvalue weighted by Crippen LogP contribution is 2.48. The van der Waals surface area contributed by atoms with Crippen LogP contribution in [0.1, 0.15) is 20.8 Å². The summed E-state index contributed by atoms with van der Waals surface area (Å²) in [7, 11) is -0.961. The van der Waals surface area contributed by atoms with Crippen molar-refractivity contribution in [1.82, 2.24) is 9.21 Å². The summed E-state index contributed by atoms with van der Waals surface area (Å²) in [5, 5.41) is 0. The number of hydrogen-bond acceptors (Lipinski definition) is 4. The number of thiol groups is 1. The Hall–Kier alpha value is -0.0700. The number of amides is 1. The molecule has 1 aliphatic heterocycles. The second kappa shape index (κ2) is 5.28. The van der Waals surface area contributed by atoms with Crippen molar-refractivity contribution in [3.8, 4) is 0 Å². The van der Waals surface area contributed by atoms with Crippen LogP contribution in [0, 0.1) is 0 Å². The summed E-state index contributed by atoms with van der Waals surface area (Å²) in [4.78, 5) is 13.6. The van der Waals surface area contributed by atoms with E-state index in [1.54, 1.807) is 4.90 Å². The normalized spacial score (nSPS) is 20.2. The molecule has 0 aromatic rings. The van der Waals surface area contributed by atoms with E-state index in [0.29, 0.717) is 0 Å². The minimum atomic E-state index is -0.961. The zero-order chi connectivity index (χ0) is 13.3. The van der Waals surface area contributed by atoms with Gasteiger partial charge in [-0.2, -0.15) is 0 Å². The van der Waals surface area contributed by atoms with Gasteiger partial charge in [-0.3, -0.25) is 4.31 Å². The number of carbonyl (C=O) groups is 1. The van der Waals surface area contributed by atoms with E-state index < -0.39 is 14.8 Å². The van der Waals surface area contributed by atoms with Crippen LogP contribution in [0.4, 0.5) is 4.79 Å². The molecule has 0 atom stereocenters. The molecule has 1 aliphatic rings. The first-order chi connectivity index (χ1) is 7.59. The van der Waals surface area contributed by atoms with E-state index in [-0.39, 0.29) is 6.09 Å². The molecular weight excluding hydrogens is 256 g/mol. The van der Waals surface area contributed by atoms with E-state index in [1.165, 1.54) is 0 Å². The fraction of sp³-hybridized carbons (Fsp3) is 0.909. The highest BCUT2D eigenvalue weighted by molar-refractivity contribution is 8.86. The second-order valence-electron chi connectivity index (χ2n) is 5.62. The number of nitrogens with zero attached hydrogens (tertiary/aromatic N) is 2. The summed E-state index contributed by atoms with van der Waals surface area (Å²) in [6.07, 6.45) is 4.10. The summed E-state index contributed by atoms with van der Waals surface area (Å²) < 4.78 is 7.70. The smallest absolute Gasteiger partial charge is 0.410 e. The van der Waals surface area contributed by atoms with Crippen LogP contribution < -0.4 is 0 Å². The minimum Gasteiger partial charge on any atom is -0.444 e. The van der Waals surface area contributed by atoms with E-state index in [2.05, 4.69) is 28.5 Å². The van der Waals surface area contributed by atoms with E-state index >= 15 is 0 Å². The van der Waals surface area contributed by atoms with Crippen LogP contribution >= 0.6 is 20.9 Å². The van der Waals surface area contributed by atoms with Gasteiger partial charge in [0.1, 0.15) is 5.60 Å². The molecule has 0 aromatic carbocycles. The van der Waals surface area contributed by atoms with Gasteiger partial charge in [0, 0.05) is 26.2 Å². The van der Waals surface area contributed by atoms with E-state index in [4.69, 9.17) is 4.74 Å². The van der Waals surface area contributed by atoms with Crippen LogP contribution in [0.15, 0.2) is 0 Å². The lowest BCUT2D eigenvalue weighted by Crippen LogP contribution is -2.49. The van der Waals surface area contributed by atoms with E-state index in [1.807, 2.05) is 20.8 Å². The Morgan fingerprint density at radius 2 is 1.65 bits per heavy atom. The first-order valence-corrected chi connectivity index (χ1v) is 9.24. The number of rotatable bonds is 1. The van der Waals surface area contributed by atoms with Crippen molar-refractivity contribution in [3.05, 3.63) is 0 Å². The van der Waals surface area contributed by atoms with Crippen LogP contribution in [0.3, 0.4) is 0 Å². The maximum Gasteiger partial charge on any atom is 0.410 e. The van der Waals surface area contributed by atoms with Gasteiger partial charge in [-0.05, 0) is 33.3 Å². The van der Waals surface area contributed by atoms with Crippen LogP contribution in [0.2, 0.25) is 0 Å². The van der Waals surface area contributed by atoms with Gasteiger partial charge in [-0.25, -0.2) is 4.79 Å². The Kier molecular flexibility index (Phi) is 4.66. The molecule has 0 bridgehead atoms. The largest absolute Gasteiger partial charge is 0.444 e. The lowest BCUT2D eigenvalue weighted by molar-refractivity contribution is 0.0196.